The second kappa shape index (κ2) is 14.7. The van der Waals surface area contributed by atoms with E-state index < -0.39 is 0 Å². The zero-order chi connectivity index (χ0) is 37.5. The Morgan fingerprint density at radius 2 is 1.85 bits per heavy atom. The number of nitrogens with two attached hydrogens (primary N) is 1. The number of piperidine rings is 1. The number of hydrogen-bond acceptors (Lipinski definition) is 8. The van der Waals surface area contributed by atoms with Crippen molar-refractivity contribution < 1.29 is 14.6 Å². The van der Waals surface area contributed by atoms with Gasteiger partial charge in [-0.3, -0.25) is 9.72 Å². The summed E-state index contributed by atoms with van der Waals surface area (Å²) in [6.45, 7) is 7.23. The van der Waals surface area contributed by atoms with Crippen molar-refractivity contribution in [1.29, 1.82) is 0 Å². The van der Waals surface area contributed by atoms with Crippen molar-refractivity contribution in [3.63, 3.8) is 0 Å². The number of nitrogens with zero attached hydrogens (tertiary/aromatic N) is 5. The Bertz CT molecular complexity index is 2050. The van der Waals surface area contributed by atoms with Crippen LogP contribution < -0.4 is 26.0 Å². The highest BCUT2D eigenvalue weighted by Gasteiger charge is 2.50. The molecule has 1 spiro atoms. The molecule has 2 aromatic carbocycles. The minimum atomic E-state index is -0.331. The fraction of sp³-hybridized carbons (Fsp3) is 0.488. The smallest absolute Gasteiger partial charge is 0.320 e. The van der Waals surface area contributed by atoms with Crippen LogP contribution in [0.4, 0.5) is 16.4 Å². The normalized spacial score (nSPS) is 23.8. The van der Waals surface area contributed by atoms with E-state index in [1.165, 1.54) is 48.8 Å². The minimum absolute atomic E-state index is 0.0840. The molecule has 2 amide bonds. The van der Waals surface area contributed by atoms with E-state index in [0.29, 0.717) is 46.3 Å². The Labute approximate surface area is 318 Å². The van der Waals surface area contributed by atoms with Gasteiger partial charge in [-0.25, -0.2) is 9.79 Å². The van der Waals surface area contributed by atoms with E-state index in [4.69, 9.17) is 20.6 Å². The highest BCUT2D eigenvalue weighted by atomic mass is 16.5. The molecule has 8 rings (SSSR count). The topological polar surface area (TPSA) is 142 Å². The first-order valence-electron chi connectivity index (χ1n) is 19.8. The van der Waals surface area contributed by atoms with Gasteiger partial charge in [-0.05, 0) is 110 Å². The molecular formula is C43H54N8O3. The first kappa shape index (κ1) is 36.1. The summed E-state index contributed by atoms with van der Waals surface area (Å²) in [5.74, 6) is 3.52. The Kier molecular flexibility index (Phi) is 9.85. The first-order valence-corrected chi connectivity index (χ1v) is 19.8. The van der Waals surface area contributed by atoms with E-state index in [9.17, 15) is 4.79 Å². The predicted molar refractivity (Wildman–Crippen MR) is 212 cm³/mol. The maximum atomic E-state index is 13.6. The standard InChI is InChI=1S/C43H54N8O3/c1-42(2,3)37(44)26-38(45-31-9-8-10-32(25-31)54-22-21-52)47-40(53)46-36-15-14-33(34-11-4-5-12-35(34)36)30-23-29(24-30)28-13-16-39-48-49-41(50(39)27-28)51-20-7-6-17-43(51)18-19-43/h4-5,8-13,16,25-27,29-30,33,36,52H,6-7,14-15,17-24,44H2,1-3H3,(H2,45,46,47,53). The van der Waals surface area contributed by atoms with Crippen LogP contribution in [0.5, 0.6) is 5.75 Å². The number of carbonyl (C=O) groups is 1. The molecule has 5 N–H and O–H groups in total. The summed E-state index contributed by atoms with van der Waals surface area (Å²) < 4.78 is 7.82. The van der Waals surface area contributed by atoms with Crippen LogP contribution in [0.25, 0.3) is 5.65 Å². The highest BCUT2D eigenvalue weighted by molar-refractivity contribution is 6.05. The number of aliphatic imine (C=N–C) groups is 1. The first-order chi connectivity index (χ1) is 26.1. The quantitative estimate of drug-likeness (QED) is 0.102. The second-order valence-corrected chi connectivity index (χ2v) is 16.8. The third-order valence-electron chi connectivity index (χ3n) is 12.2. The largest absolute Gasteiger partial charge is 0.491 e. The van der Waals surface area contributed by atoms with E-state index in [1.54, 1.807) is 18.2 Å². The maximum Gasteiger partial charge on any atom is 0.320 e. The van der Waals surface area contributed by atoms with Gasteiger partial charge >= 0.3 is 6.03 Å². The van der Waals surface area contributed by atoms with Crippen molar-refractivity contribution >= 4 is 29.1 Å². The average molecular weight is 731 g/mol. The Balaban J connectivity index is 0.946. The van der Waals surface area contributed by atoms with Gasteiger partial charge in [0.15, 0.2) is 5.65 Å². The van der Waals surface area contributed by atoms with Gasteiger partial charge < -0.3 is 25.8 Å². The van der Waals surface area contributed by atoms with Crippen LogP contribution in [-0.4, -0.2) is 56.9 Å². The van der Waals surface area contributed by atoms with Gasteiger partial charge in [0.25, 0.3) is 0 Å². The second-order valence-electron chi connectivity index (χ2n) is 16.8. The molecule has 0 bridgehead atoms. The lowest BCUT2D eigenvalue weighted by atomic mass is 9.61. The molecule has 2 atom stereocenters. The van der Waals surface area contributed by atoms with Crippen molar-refractivity contribution in [2.45, 2.75) is 102 Å². The molecule has 11 heteroatoms. The number of amidine groups is 1. The molecule has 54 heavy (non-hydrogen) atoms. The SMILES string of the molecule is CC(C)(C)C(N)=CC(=Nc1cccc(OCCO)c1)NC(=O)NC1CCC(C2CC(c3ccc4nnc(N5CCCCC56CC6)n4c3)C2)c2ccccc21. The van der Waals surface area contributed by atoms with Crippen LogP contribution in [-0.2, 0) is 0 Å². The summed E-state index contributed by atoms with van der Waals surface area (Å²) in [7, 11) is 0. The van der Waals surface area contributed by atoms with Crippen LogP contribution in [0.15, 0.2) is 83.6 Å². The number of nitrogens with one attached hydrogen (secondary N) is 2. The van der Waals surface area contributed by atoms with Crippen molar-refractivity contribution in [3.8, 4) is 5.75 Å². The number of benzene rings is 2. The molecule has 2 aromatic heterocycles. The number of aliphatic hydroxyl groups is 1. The third-order valence-corrected chi connectivity index (χ3v) is 12.2. The summed E-state index contributed by atoms with van der Waals surface area (Å²) in [6.07, 6.45) is 14.6. The minimum Gasteiger partial charge on any atom is -0.491 e. The van der Waals surface area contributed by atoms with Crippen LogP contribution in [0.1, 0.15) is 113 Å². The highest BCUT2D eigenvalue weighted by Crippen LogP contribution is 2.54. The average Bonchev–Trinajstić information content (AvgIpc) is 3.78. The number of ether oxygens (including phenoxy) is 1. The molecule has 3 heterocycles. The van der Waals surface area contributed by atoms with Gasteiger partial charge in [-0.2, -0.15) is 0 Å². The van der Waals surface area contributed by atoms with Gasteiger partial charge in [-0.15, -0.1) is 10.2 Å². The molecule has 4 aliphatic rings. The Hall–Kier alpha value is -4.90. The summed E-state index contributed by atoms with van der Waals surface area (Å²) in [4.78, 5) is 20.9. The van der Waals surface area contributed by atoms with Gasteiger partial charge in [-0.1, -0.05) is 57.2 Å². The van der Waals surface area contributed by atoms with E-state index in [1.807, 2.05) is 32.9 Å². The van der Waals surface area contributed by atoms with Crippen LogP contribution >= 0.6 is 0 Å². The van der Waals surface area contributed by atoms with E-state index in [-0.39, 0.29) is 30.7 Å². The molecule has 3 fully saturated rings. The number of rotatable bonds is 9. The molecule has 2 saturated carbocycles. The monoisotopic (exact) mass is 730 g/mol. The molecular weight excluding hydrogens is 677 g/mol. The Morgan fingerprint density at radius 1 is 1.04 bits per heavy atom. The molecule has 2 unspecified atom stereocenters. The molecule has 0 radical (unpaired) electrons. The number of aliphatic hydroxyl groups excluding tert-OH is 1. The lowest BCUT2D eigenvalue weighted by molar-refractivity contribution is 0.196. The molecule has 284 valence electrons. The number of aromatic nitrogens is 3. The van der Waals surface area contributed by atoms with E-state index in [0.717, 1.165) is 43.8 Å². The molecule has 4 aromatic rings. The van der Waals surface area contributed by atoms with Gasteiger partial charge in [0.2, 0.25) is 5.95 Å². The number of amides is 2. The number of carbonyl (C=O) groups excluding carboxylic acids is 1. The van der Waals surface area contributed by atoms with Crippen molar-refractivity contribution in [2.24, 2.45) is 22.1 Å². The zero-order valence-corrected chi connectivity index (χ0v) is 31.8. The van der Waals surface area contributed by atoms with Crippen molar-refractivity contribution in [3.05, 3.63) is 95.3 Å². The zero-order valence-electron chi connectivity index (χ0n) is 31.8. The molecule has 1 saturated heterocycles. The van der Waals surface area contributed by atoms with Crippen molar-refractivity contribution in [2.75, 3.05) is 24.7 Å². The number of fused-ring (bicyclic) bond motifs is 2. The summed E-state index contributed by atoms with van der Waals surface area (Å²) in [5.41, 5.74) is 12.5. The van der Waals surface area contributed by atoms with Gasteiger partial charge in [0.1, 0.15) is 18.2 Å². The third kappa shape index (κ3) is 7.43. The summed E-state index contributed by atoms with van der Waals surface area (Å²) in [6, 6.07) is 19.8. The molecule has 1 aliphatic heterocycles. The fourth-order valence-corrected chi connectivity index (χ4v) is 8.83. The van der Waals surface area contributed by atoms with Crippen LogP contribution in [0, 0.1) is 11.3 Å². The molecule has 11 nitrogen and oxygen atoms in total. The van der Waals surface area contributed by atoms with E-state index in [2.05, 4.69) is 72.7 Å². The van der Waals surface area contributed by atoms with Crippen molar-refractivity contribution in [1.82, 2.24) is 25.2 Å². The lowest BCUT2D eigenvalue weighted by Crippen LogP contribution is -2.43. The predicted octanol–water partition coefficient (Wildman–Crippen LogP) is 7.65. The van der Waals surface area contributed by atoms with Crippen LogP contribution in [0.3, 0.4) is 0 Å². The number of allylic oxidation sites excluding steroid dienone is 1. The molecule has 3 aliphatic carbocycles. The van der Waals surface area contributed by atoms with E-state index >= 15 is 0 Å². The number of pyridine rings is 1. The number of hydrogen-bond donors (Lipinski definition) is 4. The number of urea groups is 1. The lowest BCUT2D eigenvalue weighted by Gasteiger charge is -2.44. The Morgan fingerprint density at radius 3 is 2.63 bits per heavy atom. The maximum absolute atomic E-state index is 13.6. The summed E-state index contributed by atoms with van der Waals surface area (Å²) in [5, 5.41) is 24.6. The van der Waals surface area contributed by atoms with Gasteiger partial charge in [0, 0.05) is 41.5 Å². The summed E-state index contributed by atoms with van der Waals surface area (Å²) >= 11 is 0. The van der Waals surface area contributed by atoms with Gasteiger partial charge in [0.05, 0.1) is 18.3 Å². The fourth-order valence-electron chi connectivity index (χ4n) is 8.83. The number of anilines is 1. The van der Waals surface area contributed by atoms with Crippen LogP contribution in [0.2, 0.25) is 0 Å².